The Kier molecular flexibility index (Phi) is 5.64. The van der Waals surface area contributed by atoms with Crippen LogP contribution in [-0.2, 0) is 10.0 Å². The highest BCUT2D eigenvalue weighted by Gasteiger charge is 2.20. The number of anilines is 1. The highest BCUT2D eigenvalue weighted by Crippen LogP contribution is 2.28. The molecule has 3 N–H and O–H groups in total. The predicted molar refractivity (Wildman–Crippen MR) is 80.7 cm³/mol. The summed E-state index contributed by atoms with van der Waals surface area (Å²) in [6.07, 6.45) is 0.793. The first kappa shape index (κ1) is 17.3. The quantitative estimate of drug-likeness (QED) is 0.572. The van der Waals surface area contributed by atoms with Crippen molar-refractivity contribution in [2.45, 2.75) is 24.3 Å². The minimum Gasteiger partial charge on any atom is -0.377 e. The van der Waals surface area contributed by atoms with Crippen molar-refractivity contribution < 1.29 is 13.3 Å². The SMILES string of the molecule is CC(CCN(C)C)Nc1ccc(S(N)(=O)=O)cc1[N+](=O)[O-]. The van der Waals surface area contributed by atoms with E-state index in [1.54, 1.807) is 0 Å². The standard InChI is InChI=1S/C12H20N4O4S/c1-9(6-7-15(2)3)14-11-5-4-10(21(13,19)20)8-12(11)16(17)18/h4-5,8-9,14H,6-7H2,1-3H3,(H2,13,19,20). The smallest absolute Gasteiger partial charge is 0.293 e. The topological polar surface area (TPSA) is 119 Å². The van der Waals surface area contributed by atoms with Crippen molar-refractivity contribution in [2.75, 3.05) is 26.0 Å². The molecule has 0 bridgehead atoms. The van der Waals surface area contributed by atoms with Crippen LogP contribution < -0.4 is 10.5 Å². The predicted octanol–water partition coefficient (Wildman–Crippen LogP) is 0.994. The summed E-state index contributed by atoms with van der Waals surface area (Å²) < 4.78 is 22.5. The Morgan fingerprint density at radius 3 is 2.52 bits per heavy atom. The van der Waals surface area contributed by atoms with Crippen molar-refractivity contribution in [3.05, 3.63) is 28.3 Å². The Hall–Kier alpha value is -1.71. The Bertz CT molecular complexity index is 616. The third-order valence-electron chi connectivity index (χ3n) is 2.91. The second-order valence-electron chi connectivity index (χ2n) is 5.12. The van der Waals surface area contributed by atoms with Gasteiger partial charge in [-0.05, 0) is 46.1 Å². The summed E-state index contributed by atoms with van der Waals surface area (Å²) in [6, 6.07) is 3.59. The molecular weight excluding hydrogens is 296 g/mol. The lowest BCUT2D eigenvalue weighted by Gasteiger charge is -2.18. The zero-order valence-corrected chi connectivity index (χ0v) is 13.1. The van der Waals surface area contributed by atoms with E-state index < -0.39 is 14.9 Å². The lowest BCUT2D eigenvalue weighted by molar-refractivity contribution is -0.384. The van der Waals surface area contributed by atoms with E-state index >= 15 is 0 Å². The first-order valence-corrected chi connectivity index (χ1v) is 7.88. The summed E-state index contributed by atoms with van der Waals surface area (Å²) in [5.74, 6) is 0. The van der Waals surface area contributed by atoms with E-state index in [1.807, 2.05) is 25.9 Å². The van der Waals surface area contributed by atoms with E-state index in [1.165, 1.54) is 12.1 Å². The summed E-state index contributed by atoms with van der Waals surface area (Å²) in [5, 5.41) is 19.1. The summed E-state index contributed by atoms with van der Waals surface area (Å²) in [7, 11) is -0.0833. The second-order valence-corrected chi connectivity index (χ2v) is 6.68. The Morgan fingerprint density at radius 1 is 1.43 bits per heavy atom. The van der Waals surface area contributed by atoms with Gasteiger partial charge in [0.15, 0.2) is 0 Å². The molecule has 0 amide bonds. The monoisotopic (exact) mass is 316 g/mol. The van der Waals surface area contributed by atoms with Crippen LogP contribution in [0.5, 0.6) is 0 Å². The third kappa shape index (κ3) is 5.29. The van der Waals surface area contributed by atoms with Gasteiger partial charge in [0, 0.05) is 12.1 Å². The number of benzene rings is 1. The highest BCUT2D eigenvalue weighted by atomic mass is 32.2. The first-order chi connectivity index (χ1) is 9.61. The van der Waals surface area contributed by atoms with Crippen LogP contribution in [0.2, 0.25) is 0 Å². The van der Waals surface area contributed by atoms with Gasteiger partial charge in [-0.25, -0.2) is 13.6 Å². The molecule has 0 saturated heterocycles. The third-order valence-corrected chi connectivity index (χ3v) is 3.82. The normalized spacial score (nSPS) is 13.2. The Balaban J connectivity index is 3.00. The number of hydrogen-bond acceptors (Lipinski definition) is 6. The van der Waals surface area contributed by atoms with Gasteiger partial charge in [-0.2, -0.15) is 0 Å². The summed E-state index contributed by atoms with van der Waals surface area (Å²) in [6.45, 7) is 2.73. The van der Waals surface area contributed by atoms with Crippen LogP contribution in [0.25, 0.3) is 0 Å². The summed E-state index contributed by atoms with van der Waals surface area (Å²) in [4.78, 5) is 12.2. The van der Waals surface area contributed by atoms with Crippen molar-refractivity contribution in [2.24, 2.45) is 5.14 Å². The fourth-order valence-corrected chi connectivity index (χ4v) is 2.28. The van der Waals surface area contributed by atoms with Gasteiger partial charge in [0.1, 0.15) is 5.69 Å². The number of primary sulfonamides is 1. The van der Waals surface area contributed by atoms with Crippen LogP contribution in [0.4, 0.5) is 11.4 Å². The van der Waals surface area contributed by atoms with Crippen molar-refractivity contribution in [1.29, 1.82) is 0 Å². The lowest BCUT2D eigenvalue weighted by atomic mass is 10.2. The zero-order valence-electron chi connectivity index (χ0n) is 12.2. The summed E-state index contributed by atoms with van der Waals surface area (Å²) >= 11 is 0. The largest absolute Gasteiger partial charge is 0.377 e. The molecule has 0 fully saturated rings. The number of nitrogens with one attached hydrogen (secondary N) is 1. The van der Waals surface area contributed by atoms with Gasteiger partial charge >= 0.3 is 0 Å². The molecule has 1 aromatic rings. The molecule has 1 rings (SSSR count). The molecule has 21 heavy (non-hydrogen) atoms. The minimum atomic E-state index is -3.96. The first-order valence-electron chi connectivity index (χ1n) is 6.33. The van der Waals surface area contributed by atoms with Gasteiger partial charge in [0.2, 0.25) is 10.0 Å². The molecule has 1 unspecified atom stereocenters. The van der Waals surface area contributed by atoms with Gasteiger partial charge in [-0.3, -0.25) is 10.1 Å². The number of hydrogen-bond donors (Lipinski definition) is 2. The van der Waals surface area contributed by atoms with Gasteiger partial charge in [-0.15, -0.1) is 0 Å². The van der Waals surface area contributed by atoms with Crippen molar-refractivity contribution in [1.82, 2.24) is 4.90 Å². The second kappa shape index (κ2) is 6.83. The number of nitrogens with zero attached hydrogens (tertiary/aromatic N) is 2. The zero-order chi connectivity index (χ0) is 16.2. The molecule has 1 aromatic carbocycles. The van der Waals surface area contributed by atoms with E-state index in [0.29, 0.717) is 0 Å². The average Bonchev–Trinajstić information content (AvgIpc) is 2.35. The molecule has 0 radical (unpaired) electrons. The fraction of sp³-hybridized carbons (Fsp3) is 0.500. The van der Waals surface area contributed by atoms with Crippen LogP contribution in [0, 0.1) is 10.1 Å². The van der Waals surface area contributed by atoms with Crippen LogP contribution in [-0.4, -0.2) is 44.9 Å². The van der Waals surface area contributed by atoms with Crippen molar-refractivity contribution in [3.63, 3.8) is 0 Å². The molecule has 0 saturated carbocycles. The number of nitro groups is 1. The highest BCUT2D eigenvalue weighted by molar-refractivity contribution is 7.89. The van der Waals surface area contributed by atoms with Crippen LogP contribution in [0.3, 0.4) is 0 Å². The fourth-order valence-electron chi connectivity index (χ4n) is 1.75. The maximum absolute atomic E-state index is 11.2. The number of sulfonamides is 1. The number of rotatable bonds is 7. The Labute approximate surface area is 124 Å². The molecule has 0 aliphatic heterocycles. The van der Waals surface area contributed by atoms with E-state index in [-0.39, 0.29) is 22.3 Å². The maximum Gasteiger partial charge on any atom is 0.293 e. The maximum atomic E-state index is 11.2. The minimum absolute atomic E-state index is 0.00596. The van der Waals surface area contributed by atoms with E-state index in [4.69, 9.17) is 5.14 Å². The van der Waals surface area contributed by atoms with Gasteiger partial charge in [0.05, 0.1) is 9.82 Å². The molecular formula is C12H20N4O4S. The molecule has 8 nitrogen and oxygen atoms in total. The van der Waals surface area contributed by atoms with E-state index in [0.717, 1.165) is 19.0 Å². The Morgan fingerprint density at radius 2 is 2.05 bits per heavy atom. The molecule has 1 atom stereocenters. The van der Waals surface area contributed by atoms with E-state index in [9.17, 15) is 18.5 Å². The van der Waals surface area contributed by atoms with Crippen LogP contribution in [0.1, 0.15) is 13.3 Å². The van der Waals surface area contributed by atoms with Crippen molar-refractivity contribution >= 4 is 21.4 Å². The average molecular weight is 316 g/mol. The van der Waals surface area contributed by atoms with Crippen LogP contribution in [0.15, 0.2) is 23.1 Å². The molecule has 0 spiro atoms. The molecule has 0 aromatic heterocycles. The molecule has 9 heteroatoms. The van der Waals surface area contributed by atoms with E-state index in [2.05, 4.69) is 5.32 Å². The van der Waals surface area contributed by atoms with Crippen molar-refractivity contribution in [3.8, 4) is 0 Å². The number of nitro benzene ring substituents is 1. The summed E-state index contributed by atoms with van der Waals surface area (Å²) in [5.41, 5.74) is -0.0307. The molecule has 118 valence electrons. The molecule has 0 aliphatic rings. The van der Waals surface area contributed by atoms with Gasteiger partial charge < -0.3 is 10.2 Å². The molecule has 0 aliphatic carbocycles. The van der Waals surface area contributed by atoms with Gasteiger partial charge in [-0.1, -0.05) is 0 Å². The van der Waals surface area contributed by atoms with Crippen LogP contribution >= 0.6 is 0 Å². The lowest BCUT2D eigenvalue weighted by Crippen LogP contribution is -2.23. The molecule has 0 heterocycles. The van der Waals surface area contributed by atoms with Gasteiger partial charge in [0.25, 0.3) is 5.69 Å². The number of nitrogens with two attached hydrogens (primary N) is 1.